The molecule has 5 rings (SSSR count). The summed E-state index contributed by atoms with van der Waals surface area (Å²) in [5.41, 5.74) is 3.49. The van der Waals surface area contributed by atoms with Gasteiger partial charge in [-0.05, 0) is 36.6 Å². The number of fused-ring (bicyclic) bond motifs is 1. The molecule has 1 atom stereocenters. The van der Waals surface area contributed by atoms with Crippen molar-refractivity contribution in [2.45, 2.75) is 42.8 Å². The molecule has 2 saturated heterocycles. The summed E-state index contributed by atoms with van der Waals surface area (Å²) in [6, 6.07) is 15.3. The molecule has 2 fully saturated rings. The third kappa shape index (κ3) is 3.08. The largest absolute Gasteiger partial charge is 0.372 e. The Morgan fingerprint density at radius 2 is 1.75 bits per heavy atom. The first-order valence-corrected chi connectivity index (χ1v) is 11.4. The third-order valence-electron chi connectivity index (χ3n) is 6.39. The van der Waals surface area contributed by atoms with Crippen molar-refractivity contribution in [2.24, 2.45) is 0 Å². The van der Waals surface area contributed by atoms with Crippen LogP contribution in [0.4, 0.5) is 0 Å². The lowest BCUT2D eigenvalue weighted by atomic mass is 9.85. The summed E-state index contributed by atoms with van der Waals surface area (Å²) < 4.78 is 34.4. The zero-order valence-corrected chi connectivity index (χ0v) is 17.0. The molecule has 0 aromatic heterocycles. The van der Waals surface area contributed by atoms with Crippen LogP contribution in [0.1, 0.15) is 23.1 Å². The Morgan fingerprint density at radius 1 is 1.07 bits per heavy atom. The molecule has 6 heteroatoms. The first-order valence-electron chi connectivity index (χ1n) is 9.97. The van der Waals surface area contributed by atoms with Gasteiger partial charge in [-0.25, -0.2) is 8.42 Å². The maximum atomic E-state index is 13.5. The van der Waals surface area contributed by atoms with Gasteiger partial charge in [0.15, 0.2) is 0 Å². The van der Waals surface area contributed by atoms with E-state index in [0.717, 1.165) is 50.2 Å². The van der Waals surface area contributed by atoms with Gasteiger partial charge in [0.25, 0.3) is 0 Å². The first-order chi connectivity index (χ1) is 13.5. The van der Waals surface area contributed by atoms with Crippen LogP contribution in [0, 0.1) is 6.92 Å². The SMILES string of the molecule is Cc1ccc(S(=O)(=O)N2Cc3ccccc3C[C@H]2CN2CC3(CCO3)C2)cc1. The van der Waals surface area contributed by atoms with Gasteiger partial charge in [-0.3, -0.25) is 4.90 Å². The Labute approximate surface area is 167 Å². The second-order valence-electron chi connectivity index (χ2n) is 8.44. The highest BCUT2D eigenvalue weighted by molar-refractivity contribution is 7.89. The quantitative estimate of drug-likeness (QED) is 0.794. The highest BCUT2D eigenvalue weighted by Gasteiger charge is 2.50. The molecule has 2 aromatic carbocycles. The van der Waals surface area contributed by atoms with Gasteiger partial charge in [0, 0.05) is 38.6 Å². The lowest BCUT2D eigenvalue weighted by Crippen LogP contribution is -2.69. The first kappa shape index (κ1) is 18.3. The molecular formula is C22H26N2O3S. The minimum absolute atomic E-state index is 0.0568. The van der Waals surface area contributed by atoms with E-state index in [4.69, 9.17) is 4.74 Å². The van der Waals surface area contributed by atoms with Gasteiger partial charge in [-0.2, -0.15) is 4.31 Å². The number of hydrogen-bond acceptors (Lipinski definition) is 4. The van der Waals surface area contributed by atoms with E-state index in [9.17, 15) is 8.42 Å². The Balaban J connectivity index is 1.43. The molecule has 0 saturated carbocycles. The molecule has 0 amide bonds. The number of likely N-dealkylation sites (tertiary alicyclic amines) is 1. The van der Waals surface area contributed by atoms with Gasteiger partial charge < -0.3 is 4.74 Å². The van der Waals surface area contributed by atoms with Crippen molar-refractivity contribution < 1.29 is 13.2 Å². The van der Waals surface area contributed by atoms with Crippen LogP contribution in [-0.2, 0) is 27.7 Å². The highest BCUT2D eigenvalue weighted by Crippen LogP contribution is 2.37. The molecule has 1 spiro atoms. The maximum absolute atomic E-state index is 13.5. The molecule has 2 aromatic rings. The van der Waals surface area contributed by atoms with Crippen molar-refractivity contribution in [1.29, 1.82) is 0 Å². The molecule has 0 aliphatic carbocycles. The van der Waals surface area contributed by atoms with E-state index < -0.39 is 10.0 Å². The van der Waals surface area contributed by atoms with Crippen molar-refractivity contribution in [3.8, 4) is 0 Å². The van der Waals surface area contributed by atoms with E-state index in [2.05, 4.69) is 11.0 Å². The number of hydrogen-bond donors (Lipinski definition) is 0. The minimum Gasteiger partial charge on any atom is -0.372 e. The van der Waals surface area contributed by atoms with Crippen LogP contribution in [0.2, 0.25) is 0 Å². The highest BCUT2D eigenvalue weighted by atomic mass is 32.2. The lowest BCUT2D eigenvalue weighted by Gasteiger charge is -2.56. The number of nitrogens with zero attached hydrogens (tertiary/aromatic N) is 2. The number of rotatable bonds is 4. The average Bonchev–Trinajstić information content (AvgIpc) is 2.62. The molecule has 3 aliphatic rings. The van der Waals surface area contributed by atoms with Crippen LogP contribution in [-0.4, -0.2) is 55.5 Å². The number of ether oxygens (including phenoxy) is 1. The van der Waals surface area contributed by atoms with Gasteiger partial charge in [0.2, 0.25) is 10.0 Å². The second-order valence-corrected chi connectivity index (χ2v) is 10.3. The van der Waals surface area contributed by atoms with E-state index >= 15 is 0 Å². The summed E-state index contributed by atoms with van der Waals surface area (Å²) in [5.74, 6) is 0. The van der Waals surface area contributed by atoms with Crippen LogP contribution in [0.25, 0.3) is 0 Å². The molecule has 0 unspecified atom stereocenters. The standard InChI is InChI=1S/C22H26N2O3S/c1-17-6-8-21(9-7-17)28(25,26)24-13-19-5-3-2-4-18(19)12-20(24)14-23-15-22(16-23)10-11-27-22/h2-9,20H,10-16H2,1H3/t20-/m0/s1. The zero-order valence-electron chi connectivity index (χ0n) is 16.2. The Morgan fingerprint density at radius 3 is 2.39 bits per heavy atom. The summed E-state index contributed by atoms with van der Waals surface area (Å²) in [5, 5.41) is 0. The number of sulfonamides is 1. The van der Waals surface area contributed by atoms with E-state index in [1.165, 1.54) is 5.56 Å². The third-order valence-corrected chi connectivity index (χ3v) is 8.31. The number of aryl methyl sites for hydroxylation is 1. The predicted octanol–water partition coefficient (Wildman–Crippen LogP) is 2.59. The van der Waals surface area contributed by atoms with E-state index in [1.54, 1.807) is 16.4 Å². The van der Waals surface area contributed by atoms with Gasteiger partial charge in [-0.1, -0.05) is 42.0 Å². The summed E-state index contributed by atoms with van der Waals surface area (Å²) in [6.45, 7) is 5.86. The van der Waals surface area contributed by atoms with Gasteiger partial charge in [-0.15, -0.1) is 0 Å². The van der Waals surface area contributed by atoms with Crippen LogP contribution in [0.5, 0.6) is 0 Å². The molecule has 28 heavy (non-hydrogen) atoms. The summed E-state index contributed by atoms with van der Waals surface area (Å²) in [4.78, 5) is 2.72. The summed E-state index contributed by atoms with van der Waals surface area (Å²) in [7, 11) is -3.55. The Hall–Kier alpha value is -1.73. The summed E-state index contributed by atoms with van der Waals surface area (Å²) in [6.07, 6.45) is 1.88. The second kappa shape index (κ2) is 6.66. The lowest BCUT2D eigenvalue weighted by molar-refractivity contribution is -0.223. The fourth-order valence-corrected chi connectivity index (χ4v) is 6.28. The Bertz CT molecular complexity index is 975. The van der Waals surface area contributed by atoms with Gasteiger partial charge >= 0.3 is 0 Å². The zero-order chi connectivity index (χ0) is 19.4. The van der Waals surface area contributed by atoms with Crippen molar-refractivity contribution in [3.05, 3.63) is 65.2 Å². The average molecular weight is 399 g/mol. The van der Waals surface area contributed by atoms with E-state index in [-0.39, 0.29) is 11.6 Å². The normalized spacial score (nSPS) is 24.4. The van der Waals surface area contributed by atoms with Crippen molar-refractivity contribution >= 4 is 10.0 Å². The molecule has 3 heterocycles. The molecular weight excluding hydrogens is 372 g/mol. The predicted molar refractivity (Wildman–Crippen MR) is 108 cm³/mol. The fourth-order valence-electron chi connectivity index (χ4n) is 4.68. The minimum atomic E-state index is -3.55. The number of benzene rings is 2. The molecule has 3 aliphatic heterocycles. The van der Waals surface area contributed by atoms with Crippen LogP contribution >= 0.6 is 0 Å². The molecule has 148 valence electrons. The molecule has 5 nitrogen and oxygen atoms in total. The van der Waals surface area contributed by atoms with Gasteiger partial charge in [0.05, 0.1) is 17.1 Å². The molecule has 0 radical (unpaired) electrons. The van der Waals surface area contributed by atoms with Crippen LogP contribution in [0.3, 0.4) is 0 Å². The summed E-state index contributed by atoms with van der Waals surface area (Å²) >= 11 is 0. The van der Waals surface area contributed by atoms with Crippen LogP contribution in [0.15, 0.2) is 53.4 Å². The Kier molecular flexibility index (Phi) is 4.36. The molecule has 0 N–H and O–H groups in total. The van der Waals surface area contributed by atoms with Crippen LogP contribution < -0.4 is 0 Å². The van der Waals surface area contributed by atoms with Crippen molar-refractivity contribution in [3.63, 3.8) is 0 Å². The van der Waals surface area contributed by atoms with Crippen molar-refractivity contribution in [2.75, 3.05) is 26.2 Å². The molecule has 0 bridgehead atoms. The van der Waals surface area contributed by atoms with E-state index in [1.807, 2.05) is 37.3 Å². The van der Waals surface area contributed by atoms with Gasteiger partial charge in [0.1, 0.15) is 0 Å². The van der Waals surface area contributed by atoms with E-state index in [0.29, 0.717) is 11.4 Å². The smallest absolute Gasteiger partial charge is 0.243 e. The monoisotopic (exact) mass is 398 g/mol. The van der Waals surface area contributed by atoms with Crippen molar-refractivity contribution in [1.82, 2.24) is 9.21 Å². The fraction of sp³-hybridized carbons (Fsp3) is 0.455. The topological polar surface area (TPSA) is 49.9 Å². The maximum Gasteiger partial charge on any atom is 0.243 e.